The first-order chi connectivity index (χ1) is 13.9. The monoisotopic (exact) mass is 426 g/mol. The average Bonchev–Trinajstić information content (AvgIpc) is 3.47. The van der Waals surface area contributed by atoms with Crippen LogP contribution in [0.15, 0.2) is 0 Å². The Labute approximate surface area is 182 Å². The SMILES string of the molecule is CCC(C)(C)C(=O)OCC1(C)COC1.CCC(C)(C)C(=O)OCC1CCC2OC2C1. The van der Waals surface area contributed by atoms with Gasteiger partial charge >= 0.3 is 11.9 Å². The molecular formula is C24H42O6. The van der Waals surface area contributed by atoms with Gasteiger partial charge in [0.25, 0.3) is 0 Å². The van der Waals surface area contributed by atoms with Crippen LogP contribution in [0.3, 0.4) is 0 Å². The molecule has 6 nitrogen and oxygen atoms in total. The van der Waals surface area contributed by atoms with Crippen molar-refractivity contribution in [2.24, 2.45) is 22.2 Å². The van der Waals surface area contributed by atoms with Crippen molar-refractivity contribution in [3.05, 3.63) is 0 Å². The highest BCUT2D eigenvalue weighted by Gasteiger charge is 2.44. The number of rotatable bonds is 8. The van der Waals surface area contributed by atoms with Gasteiger partial charge in [-0.25, -0.2) is 0 Å². The van der Waals surface area contributed by atoms with Crippen LogP contribution in [0.2, 0.25) is 0 Å². The number of hydrogen-bond acceptors (Lipinski definition) is 6. The van der Waals surface area contributed by atoms with E-state index in [0.29, 0.717) is 44.6 Å². The molecule has 0 aromatic rings. The van der Waals surface area contributed by atoms with E-state index in [-0.39, 0.29) is 28.2 Å². The first-order valence-corrected chi connectivity index (χ1v) is 11.5. The van der Waals surface area contributed by atoms with Crippen molar-refractivity contribution >= 4 is 11.9 Å². The smallest absolute Gasteiger partial charge is 0.311 e. The Morgan fingerprint density at radius 1 is 0.933 bits per heavy atom. The molecule has 1 saturated carbocycles. The highest BCUT2D eigenvalue weighted by atomic mass is 16.6. The summed E-state index contributed by atoms with van der Waals surface area (Å²) in [4.78, 5) is 23.4. The summed E-state index contributed by atoms with van der Waals surface area (Å²) in [7, 11) is 0. The third-order valence-electron chi connectivity index (χ3n) is 6.89. The predicted molar refractivity (Wildman–Crippen MR) is 115 cm³/mol. The molecule has 30 heavy (non-hydrogen) atoms. The maximum Gasteiger partial charge on any atom is 0.311 e. The summed E-state index contributed by atoms with van der Waals surface area (Å²) in [5.74, 6) is 0.349. The van der Waals surface area contributed by atoms with Crippen molar-refractivity contribution in [3.8, 4) is 0 Å². The zero-order valence-corrected chi connectivity index (χ0v) is 20.0. The Morgan fingerprint density at radius 2 is 1.50 bits per heavy atom. The number of hydrogen-bond donors (Lipinski definition) is 0. The van der Waals surface area contributed by atoms with Crippen molar-refractivity contribution in [1.82, 2.24) is 0 Å². The molecule has 0 radical (unpaired) electrons. The molecule has 0 aromatic carbocycles. The van der Waals surface area contributed by atoms with E-state index in [1.807, 2.05) is 41.5 Å². The first kappa shape index (κ1) is 25.1. The van der Waals surface area contributed by atoms with Crippen molar-refractivity contribution in [2.75, 3.05) is 26.4 Å². The molecular weight excluding hydrogens is 384 g/mol. The lowest BCUT2D eigenvalue weighted by Crippen LogP contribution is -2.45. The highest BCUT2D eigenvalue weighted by Crippen LogP contribution is 2.39. The summed E-state index contributed by atoms with van der Waals surface area (Å²) < 4.78 is 21.2. The van der Waals surface area contributed by atoms with Gasteiger partial charge in [-0.2, -0.15) is 0 Å². The molecule has 2 heterocycles. The quantitative estimate of drug-likeness (QED) is 0.419. The Balaban J connectivity index is 0.000000216. The minimum atomic E-state index is -0.360. The van der Waals surface area contributed by atoms with Gasteiger partial charge in [0.2, 0.25) is 0 Å². The van der Waals surface area contributed by atoms with Crippen LogP contribution in [-0.2, 0) is 28.5 Å². The number of carbonyl (C=O) groups is 2. The van der Waals surface area contributed by atoms with Crippen LogP contribution in [0.1, 0.15) is 80.6 Å². The number of ether oxygens (including phenoxy) is 4. The van der Waals surface area contributed by atoms with Crippen LogP contribution >= 0.6 is 0 Å². The maximum absolute atomic E-state index is 11.8. The van der Waals surface area contributed by atoms with Gasteiger partial charge in [-0.3, -0.25) is 9.59 Å². The van der Waals surface area contributed by atoms with Gasteiger partial charge in [-0.15, -0.1) is 0 Å². The van der Waals surface area contributed by atoms with Gasteiger partial charge in [0.05, 0.1) is 42.9 Å². The molecule has 3 aliphatic rings. The average molecular weight is 427 g/mol. The van der Waals surface area contributed by atoms with Crippen molar-refractivity contribution in [2.45, 2.75) is 92.8 Å². The second-order valence-electron chi connectivity index (χ2n) is 10.8. The number of epoxide rings is 1. The summed E-state index contributed by atoms with van der Waals surface area (Å²) in [6.07, 6.45) is 5.98. The summed E-state index contributed by atoms with van der Waals surface area (Å²) >= 11 is 0. The molecule has 3 rings (SSSR count). The van der Waals surface area contributed by atoms with Gasteiger partial charge < -0.3 is 18.9 Å². The molecule has 174 valence electrons. The van der Waals surface area contributed by atoms with E-state index in [9.17, 15) is 9.59 Å². The Bertz CT molecular complexity index is 593. The third kappa shape index (κ3) is 6.94. The van der Waals surface area contributed by atoms with Crippen molar-refractivity contribution < 1.29 is 28.5 Å². The van der Waals surface area contributed by atoms with E-state index in [0.717, 1.165) is 32.1 Å². The molecule has 3 atom stereocenters. The molecule has 0 amide bonds. The van der Waals surface area contributed by atoms with Crippen LogP contribution in [-0.4, -0.2) is 50.6 Å². The van der Waals surface area contributed by atoms with E-state index in [1.165, 1.54) is 0 Å². The van der Waals surface area contributed by atoms with Crippen molar-refractivity contribution in [1.29, 1.82) is 0 Å². The van der Waals surface area contributed by atoms with E-state index < -0.39 is 0 Å². The Hall–Kier alpha value is -1.14. The summed E-state index contributed by atoms with van der Waals surface area (Å²) in [5.41, 5.74) is -0.645. The lowest BCUT2D eigenvalue weighted by molar-refractivity contribution is -0.173. The van der Waals surface area contributed by atoms with Crippen LogP contribution in [0, 0.1) is 22.2 Å². The molecule has 3 unspecified atom stereocenters. The first-order valence-electron chi connectivity index (χ1n) is 11.5. The molecule has 6 heteroatoms. The zero-order valence-electron chi connectivity index (χ0n) is 20.0. The van der Waals surface area contributed by atoms with E-state index >= 15 is 0 Å². The number of carbonyl (C=O) groups excluding carboxylic acids is 2. The van der Waals surface area contributed by atoms with E-state index in [1.54, 1.807) is 0 Å². The maximum atomic E-state index is 11.8. The zero-order chi connectivity index (χ0) is 22.6. The summed E-state index contributed by atoms with van der Waals surface area (Å²) in [6, 6.07) is 0. The fraction of sp³-hybridized carbons (Fsp3) is 0.917. The fourth-order valence-corrected chi connectivity index (χ4v) is 3.28. The largest absolute Gasteiger partial charge is 0.465 e. The highest BCUT2D eigenvalue weighted by molar-refractivity contribution is 5.76. The minimum Gasteiger partial charge on any atom is -0.465 e. The molecule has 1 aliphatic carbocycles. The van der Waals surface area contributed by atoms with Crippen LogP contribution in [0.5, 0.6) is 0 Å². The lowest BCUT2D eigenvalue weighted by atomic mass is 9.88. The predicted octanol–water partition coefficient (Wildman–Crippen LogP) is 4.54. The molecule has 0 aromatic heterocycles. The van der Waals surface area contributed by atoms with Crippen LogP contribution in [0.25, 0.3) is 0 Å². The van der Waals surface area contributed by atoms with Crippen LogP contribution in [0.4, 0.5) is 0 Å². The molecule has 3 fully saturated rings. The topological polar surface area (TPSA) is 74.4 Å². The summed E-state index contributed by atoms with van der Waals surface area (Å²) in [6.45, 7) is 16.3. The molecule has 0 spiro atoms. The van der Waals surface area contributed by atoms with Gasteiger partial charge in [-0.1, -0.05) is 20.8 Å². The lowest BCUT2D eigenvalue weighted by Gasteiger charge is -2.37. The van der Waals surface area contributed by atoms with Crippen molar-refractivity contribution in [3.63, 3.8) is 0 Å². The third-order valence-corrected chi connectivity index (χ3v) is 6.89. The molecule has 0 N–H and O–H groups in total. The molecule has 2 aliphatic heterocycles. The second-order valence-corrected chi connectivity index (χ2v) is 10.8. The summed E-state index contributed by atoms with van der Waals surface area (Å²) in [5, 5.41) is 0. The minimum absolute atomic E-state index is 0.0550. The number of esters is 2. The van der Waals surface area contributed by atoms with Crippen LogP contribution < -0.4 is 0 Å². The second kappa shape index (κ2) is 9.99. The standard InChI is InChI=1S/C13H22O3.C11H20O3/c1-4-13(2,3)12(14)15-8-9-5-6-10-11(7-9)16-10;1-5-10(2,3)9(12)14-8-11(4)6-13-7-11/h9-11H,4-8H2,1-3H3;5-8H2,1-4H3. The Morgan fingerprint density at radius 3 is 1.97 bits per heavy atom. The van der Waals surface area contributed by atoms with E-state index in [2.05, 4.69) is 6.92 Å². The molecule has 0 bridgehead atoms. The van der Waals surface area contributed by atoms with Gasteiger partial charge in [0.15, 0.2) is 0 Å². The molecule has 2 saturated heterocycles. The normalized spacial score (nSPS) is 27.0. The van der Waals surface area contributed by atoms with Gasteiger partial charge in [0.1, 0.15) is 6.61 Å². The number of fused-ring (bicyclic) bond motifs is 1. The Kier molecular flexibility index (Phi) is 8.36. The van der Waals surface area contributed by atoms with E-state index in [4.69, 9.17) is 18.9 Å². The fourth-order valence-electron chi connectivity index (χ4n) is 3.28. The van der Waals surface area contributed by atoms with Gasteiger partial charge in [0, 0.05) is 5.41 Å². The van der Waals surface area contributed by atoms with Gasteiger partial charge in [-0.05, 0) is 65.7 Å².